The van der Waals surface area contributed by atoms with Crippen LogP contribution in [0.25, 0.3) is 5.00 Å². The van der Waals surface area contributed by atoms with E-state index in [1.807, 2.05) is 46.6 Å². The standard InChI is InChI=1S/C27H23ClFN3OS/c28-18-7-3-6-17(14-18)25-23-11-5-13-31(23)26-22(21-10-1-2-12-24(21)34-26)16-32(25)27(33)30-20-9-4-8-19(29)15-20/h3-9,11,13-15,25H,1-2,10,12,16H2,(H,30,33)/t25-/m1/s1. The average molecular weight is 492 g/mol. The maximum atomic E-state index is 13.8. The van der Waals surface area contributed by atoms with E-state index < -0.39 is 0 Å². The lowest BCUT2D eigenvalue weighted by Crippen LogP contribution is -2.38. The molecule has 1 N–H and O–H groups in total. The number of aromatic nitrogens is 1. The van der Waals surface area contributed by atoms with Crippen LogP contribution in [0, 0.1) is 5.82 Å². The van der Waals surface area contributed by atoms with Crippen LogP contribution in [0.15, 0.2) is 66.9 Å². The van der Waals surface area contributed by atoms with E-state index in [4.69, 9.17) is 11.6 Å². The Morgan fingerprint density at radius 2 is 1.88 bits per heavy atom. The minimum absolute atomic E-state index is 0.271. The third-order valence-electron chi connectivity index (χ3n) is 6.68. The Labute approximate surface area is 206 Å². The molecule has 2 aromatic carbocycles. The molecule has 1 aliphatic carbocycles. The third-order valence-corrected chi connectivity index (χ3v) is 8.25. The largest absolute Gasteiger partial charge is 0.322 e. The first-order chi connectivity index (χ1) is 16.6. The van der Waals surface area contributed by atoms with Crippen LogP contribution < -0.4 is 5.32 Å². The number of halogens is 2. The molecular formula is C27H23ClFN3OS. The number of hydrogen-bond acceptors (Lipinski definition) is 2. The van der Waals surface area contributed by atoms with E-state index in [1.165, 1.54) is 46.0 Å². The van der Waals surface area contributed by atoms with Crippen LogP contribution in [0.3, 0.4) is 0 Å². The minimum atomic E-state index is -0.386. The first-order valence-electron chi connectivity index (χ1n) is 11.5. The number of carbonyl (C=O) groups excluding carboxylic acids is 1. The molecule has 0 bridgehead atoms. The second-order valence-electron chi connectivity index (χ2n) is 8.82. The number of nitrogens with one attached hydrogen (secondary N) is 1. The fourth-order valence-corrected chi connectivity index (χ4v) is 6.78. The topological polar surface area (TPSA) is 37.3 Å². The molecule has 1 atom stereocenters. The molecule has 2 amide bonds. The number of urea groups is 1. The summed E-state index contributed by atoms with van der Waals surface area (Å²) in [6, 6.07) is 17.2. The Morgan fingerprint density at radius 3 is 2.74 bits per heavy atom. The van der Waals surface area contributed by atoms with Crippen LogP contribution in [-0.2, 0) is 19.4 Å². The number of amides is 2. The molecule has 7 heteroatoms. The van der Waals surface area contributed by atoms with E-state index in [1.54, 1.807) is 12.1 Å². The van der Waals surface area contributed by atoms with Crippen LogP contribution in [0.5, 0.6) is 0 Å². The molecule has 172 valence electrons. The summed E-state index contributed by atoms with van der Waals surface area (Å²) in [4.78, 5) is 17.1. The van der Waals surface area contributed by atoms with E-state index >= 15 is 0 Å². The van der Waals surface area contributed by atoms with Crippen molar-refractivity contribution in [3.8, 4) is 5.00 Å². The molecule has 1 aliphatic heterocycles. The molecule has 0 saturated carbocycles. The quantitative estimate of drug-likeness (QED) is 0.313. The Bertz CT molecular complexity index is 1390. The molecule has 4 nitrogen and oxygen atoms in total. The summed E-state index contributed by atoms with van der Waals surface area (Å²) < 4.78 is 16.1. The van der Waals surface area contributed by atoms with Crippen LogP contribution in [0.1, 0.15) is 46.1 Å². The van der Waals surface area contributed by atoms with Crippen LogP contribution >= 0.6 is 22.9 Å². The molecule has 0 spiro atoms. The molecular weight excluding hydrogens is 469 g/mol. The van der Waals surface area contributed by atoms with Crippen molar-refractivity contribution < 1.29 is 9.18 Å². The van der Waals surface area contributed by atoms with Crippen molar-refractivity contribution in [3.05, 3.63) is 105 Å². The number of anilines is 1. The van der Waals surface area contributed by atoms with Gasteiger partial charge in [0.1, 0.15) is 10.8 Å². The Hall–Kier alpha value is -3.09. The van der Waals surface area contributed by atoms with Crippen molar-refractivity contribution in [1.82, 2.24) is 9.47 Å². The van der Waals surface area contributed by atoms with Gasteiger partial charge < -0.3 is 14.8 Å². The van der Waals surface area contributed by atoms with Crippen molar-refractivity contribution >= 4 is 34.7 Å². The lowest BCUT2D eigenvalue weighted by Gasteiger charge is -2.31. The average Bonchev–Trinajstić information content (AvgIpc) is 3.41. The molecule has 0 radical (unpaired) electrons. The Morgan fingerprint density at radius 1 is 1.03 bits per heavy atom. The SMILES string of the molecule is O=C(Nc1cccc(F)c1)N1Cc2c(sc3c2CCCC3)-n2cccc2[C@H]1c1cccc(Cl)c1. The van der Waals surface area contributed by atoms with Crippen LogP contribution in [-0.4, -0.2) is 15.5 Å². The van der Waals surface area contributed by atoms with E-state index in [9.17, 15) is 9.18 Å². The first-order valence-corrected chi connectivity index (χ1v) is 12.7. The lowest BCUT2D eigenvalue weighted by atomic mass is 9.95. The zero-order chi connectivity index (χ0) is 23.2. The van der Waals surface area contributed by atoms with Crippen molar-refractivity contribution in [2.45, 2.75) is 38.3 Å². The van der Waals surface area contributed by atoms with Gasteiger partial charge in [-0.05, 0) is 79.3 Å². The fourth-order valence-electron chi connectivity index (χ4n) is 5.18. The van der Waals surface area contributed by atoms with Gasteiger partial charge in [-0.15, -0.1) is 11.3 Å². The number of fused-ring (bicyclic) bond motifs is 5. The monoisotopic (exact) mass is 491 g/mol. The normalized spacial score (nSPS) is 16.9. The summed E-state index contributed by atoms with van der Waals surface area (Å²) in [5.41, 5.74) is 4.99. The lowest BCUT2D eigenvalue weighted by molar-refractivity contribution is 0.194. The van der Waals surface area contributed by atoms with Crippen LogP contribution in [0.2, 0.25) is 5.02 Å². The Kier molecular flexibility index (Phi) is 5.42. The fraction of sp³-hybridized carbons (Fsp3) is 0.222. The summed E-state index contributed by atoms with van der Waals surface area (Å²) in [6.45, 7) is 0.473. The second kappa shape index (κ2) is 8.60. The van der Waals surface area contributed by atoms with Gasteiger partial charge in [0.2, 0.25) is 0 Å². The van der Waals surface area contributed by atoms with Gasteiger partial charge in [-0.2, -0.15) is 0 Å². The van der Waals surface area contributed by atoms with Gasteiger partial charge in [-0.25, -0.2) is 9.18 Å². The van der Waals surface area contributed by atoms with Gasteiger partial charge in [0.15, 0.2) is 0 Å². The van der Waals surface area contributed by atoms with Crippen molar-refractivity contribution in [2.24, 2.45) is 0 Å². The number of benzene rings is 2. The smallest absolute Gasteiger partial charge is 0.310 e. The molecule has 2 aromatic heterocycles. The molecule has 6 rings (SSSR count). The third kappa shape index (κ3) is 3.71. The molecule has 2 aliphatic rings. The first kappa shape index (κ1) is 21.4. The summed E-state index contributed by atoms with van der Waals surface area (Å²) in [5, 5.41) is 4.75. The van der Waals surface area contributed by atoms with Crippen molar-refractivity contribution in [2.75, 3.05) is 5.32 Å². The van der Waals surface area contributed by atoms with Gasteiger partial charge in [0.25, 0.3) is 0 Å². The highest BCUT2D eigenvalue weighted by molar-refractivity contribution is 7.15. The van der Waals surface area contributed by atoms with E-state index in [0.717, 1.165) is 24.1 Å². The number of hydrogen-bond donors (Lipinski definition) is 1. The van der Waals surface area contributed by atoms with Gasteiger partial charge in [0, 0.05) is 27.3 Å². The predicted molar refractivity (Wildman–Crippen MR) is 135 cm³/mol. The van der Waals surface area contributed by atoms with Crippen molar-refractivity contribution in [3.63, 3.8) is 0 Å². The predicted octanol–water partition coefficient (Wildman–Crippen LogP) is 7.35. The van der Waals surface area contributed by atoms with Gasteiger partial charge >= 0.3 is 6.03 Å². The van der Waals surface area contributed by atoms with Gasteiger partial charge in [0.05, 0.1) is 18.3 Å². The zero-order valence-corrected chi connectivity index (χ0v) is 20.0. The summed E-state index contributed by atoms with van der Waals surface area (Å²) in [6.07, 6.45) is 6.60. The minimum Gasteiger partial charge on any atom is -0.310 e. The summed E-state index contributed by atoms with van der Waals surface area (Å²) in [5.74, 6) is -0.386. The number of aryl methyl sites for hydroxylation is 1. The number of carbonyl (C=O) groups is 1. The highest BCUT2D eigenvalue weighted by atomic mass is 35.5. The second-order valence-corrected chi connectivity index (χ2v) is 10.3. The Balaban J connectivity index is 1.51. The summed E-state index contributed by atoms with van der Waals surface area (Å²) in [7, 11) is 0. The maximum Gasteiger partial charge on any atom is 0.322 e. The van der Waals surface area contributed by atoms with Crippen LogP contribution in [0.4, 0.5) is 14.9 Å². The molecule has 34 heavy (non-hydrogen) atoms. The molecule has 0 saturated heterocycles. The number of thiophene rings is 1. The molecule has 4 aromatic rings. The van der Waals surface area contributed by atoms with E-state index in [-0.39, 0.29) is 17.9 Å². The summed E-state index contributed by atoms with van der Waals surface area (Å²) >= 11 is 8.23. The zero-order valence-electron chi connectivity index (χ0n) is 18.4. The highest BCUT2D eigenvalue weighted by Gasteiger charge is 2.36. The molecule has 0 unspecified atom stereocenters. The van der Waals surface area contributed by atoms with Gasteiger partial charge in [-0.1, -0.05) is 29.8 Å². The maximum absolute atomic E-state index is 13.8. The van der Waals surface area contributed by atoms with Gasteiger partial charge in [-0.3, -0.25) is 0 Å². The number of rotatable bonds is 2. The highest BCUT2D eigenvalue weighted by Crippen LogP contribution is 2.44. The van der Waals surface area contributed by atoms with E-state index in [0.29, 0.717) is 17.3 Å². The molecule has 0 fully saturated rings. The number of nitrogens with zero attached hydrogens (tertiary/aromatic N) is 2. The van der Waals surface area contributed by atoms with Crippen molar-refractivity contribution in [1.29, 1.82) is 0 Å². The molecule has 3 heterocycles. The van der Waals surface area contributed by atoms with E-state index in [2.05, 4.69) is 22.1 Å².